The van der Waals surface area contributed by atoms with Crippen LogP contribution in [0.5, 0.6) is 0 Å². The van der Waals surface area contributed by atoms with Crippen molar-refractivity contribution >= 4 is 17.5 Å². The molecular weight excluding hydrogens is 242 g/mol. The van der Waals surface area contributed by atoms with Crippen molar-refractivity contribution in [2.45, 2.75) is 26.0 Å². The number of hydrogen-bond acceptors (Lipinski definition) is 4. The van der Waals surface area contributed by atoms with Crippen molar-refractivity contribution in [2.75, 3.05) is 13.2 Å². The normalized spacial score (nSPS) is 24.8. The molecule has 0 N–H and O–H groups in total. The first-order valence-corrected chi connectivity index (χ1v) is 5.87. The highest BCUT2D eigenvalue weighted by molar-refractivity contribution is 6.29. The number of amides is 1. The molecule has 0 bridgehead atoms. The van der Waals surface area contributed by atoms with Gasteiger partial charge in [0.05, 0.1) is 18.8 Å². The van der Waals surface area contributed by atoms with E-state index in [1.165, 1.54) is 0 Å². The fourth-order valence-corrected chi connectivity index (χ4v) is 1.86. The van der Waals surface area contributed by atoms with E-state index < -0.39 is 0 Å². The molecule has 0 saturated carbocycles. The largest absolute Gasteiger partial charge is 0.375 e. The first-order chi connectivity index (χ1) is 8.08. The highest BCUT2D eigenvalue weighted by Gasteiger charge is 2.28. The van der Waals surface area contributed by atoms with Crippen molar-refractivity contribution in [2.24, 2.45) is 0 Å². The Kier molecular flexibility index (Phi) is 3.59. The molecule has 92 valence electrons. The van der Waals surface area contributed by atoms with Gasteiger partial charge in [0.15, 0.2) is 10.8 Å². The molecule has 2 heterocycles. The number of halogens is 1. The lowest BCUT2D eigenvalue weighted by molar-refractivity contribution is -0.0389. The number of rotatable bonds is 1. The zero-order chi connectivity index (χ0) is 12.4. The number of aromatic nitrogens is 2. The molecule has 6 heteroatoms. The molecule has 17 heavy (non-hydrogen) atoms. The maximum atomic E-state index is 12.2. The van der Waals surface area contributed by atoms with Gasteiger partial charge in [0.2, 0.25) is 0 Å². The Bertz CT molecular complexity index is 410. The van der Waals surface area contributed by atoms with Crippen LogP contribution in [0.3, 0.4) is 0 Å². The van der Waals surface area contributed by atoms with E-state index in [1.54, 1.807) is 17.0 Å². The summed E-state index contributed by atoms with van der Waals surface area (Å²) < 4.78 is 5.47. The molecule has 1 aromatic heterocycles. The third-order valence-electron chi connectivity index (χ3n) is 2.72. The van der Waals surface area contributed by atoms with Gasteiger partial charge in [0, 0.05) is 6.54 Å². The topological polar surface area (TPSA) is 55.3 Å². The summed E-state index contributed by atoms with van der Waals surface area (Å²) in [6.45, 7) is 5.02. The minimum Gasteiger partial charge on any atom is -0.375 e. The number of morpholine rings is 1. The van der Waals surface area contributed by atoms with Gasteiger partial charge in [-0.2, -0.15) is 0 Å². The average molecular weight is 256 g/mol. The summed E-state index contributed by atoms with van der Waals surface area (Å²) in [5.74, 6) is -0.128. The summed E-state index contributed by atoms with van der Waals surface area (Å²) >= 11 is 5.64. The third-order valence-corrected chi connectivity index (χ3v) is 2.92. The van der Waals surface area contributed by atoms with Crippen LogP contribution >= 0.6 is 11.6 Å². The molecule has 1 amide bonds. The second-order valence-electron chi connectivity index (χ2n) is 4.19. The highest BCUT2D eigenvalue weighted by Crippen LogP contribution is 2.14. The number of hydrogen-bond donors (Lipinski definition) is 0. The molecule has 2 atom stereocenters. The molecule has 0 aromatic carbocycles. The molecule has 1 aliphatic heterocycles. The first kappa shape index (κ1) is 12.3. The van der Waals surface area contributed by atoms with Crippen molar-refractivity contribution in [1.29, 1.82) is 0 Å². The van der Waals surface area contributed by atoms with Crippen LogP contribution in [0.25, 0.3) is 0 Å². The Morgan fingerprint density at radius 3 is 2.88 bits per heavy atom. The molecule has 1 fully saturated rings. The van der Waals surface area contributed by atoms with Gasteiger partial charge < -0.3 is 9.64 Å². The number of carbonyl (C=O) groups excluding carboxylic acids is 1. The summed E-state index contributed by atoms with van der Waals surface area (Å²) in [7, 11) is 0. The summed E-state index contributed by atoms with van der Waals surface area (Å²) in [4.78, 5) is 13.9. The Morgan fingerprint density at radius 1 is 1.47 bits per heavy atom. The van der Waals surface area contributed by atoms with Crippen molar-refractivity contribution in [1.82, 2.24) is 15.1 Å². The third kappa shape index (κ3) is 2.73. The van der Waals surface area contributed by atoms with Gasteiger partial charge in [-0.1, -0.05) is 11.6 Å². The average Bonchev–Trinajstić information content (AvgIpc) is 2.32. The van der Waals surface area contributed by atoms with E-state index in [1.807, 2.05) is 13.8 Å². The fraction of sp³-hybridized carbons (Fsp3) is 0.545. The van der Waals surface area contributed by atoms with Crippen molar-refractivity contribution in [3.8, 4) is 0 Å². The Hall–Kier alpha value is -1.20. The molecule has 0 aliphatic carbocycles. The zero-order valence-corrected chi connectivity index (χ0v) is 10.5. The lowest BCUT2D eigenvalue weighted by atomic mass is 10.2. The molecule has 0 spiro atoms. The smallest absolute Gasteiger partial charge is 0.274 e. The van der Waals surface area contributed by atoms with E-state index in [-0.39, 0.29) is 23.2 Å². The zero-order valence-electron chi connectivity index (χ0n) is 9.76. The molecule has 1 aromatic rings. The van der Waals surface area contributed by atoms with Crippen molar-refractivity contribution < 1.29 is 9.53 Å². The van der Waals surface area contributed by atoms with Gasteiger partial charge >= 0.3 is 0 Å². The van der Waals surface area contributed by atoms with Gasteiger partial charge in [0.1, 0.15) is 0 Å². The van der Waals surface area contributed by atoms with Crippen LogP contribution in [0.2, 0.25) is 5.15 Å². The van der Waals surface area contributed by atoms with Gasteiger partial charge in [-0.25, -0.2) is 0 Å². The molecule has 2 rings (SSSR count). The van der Waals surface area contributed by atoms with Crippen LogP contribution < -0.4 is 0 Å². The van der Waals surface area contributed by atoms with Crippen LogP contribution in [0.4, 0.5) is 0 Å². The minimum absolute atomic E-state index is 0.0513. The monoisotopic (exact) mass is 255 g/mol. The molecule has 0 radical (unpaired) electrons. The molecule has 5 nitrogen and oxygen atoms in total. The maximum absolute atomic E-state index is 12.2. The molecule has 1 aliphatic rings. The Labute approximate surface area is 105 Å². The van der Waals surface area contributed by atoms with Crippen LogP contribution in [-0.4, -0.2) is 46.3 Å². The van der Waals surface area contributed by atoms with E-state index in [2.05, 4.69) is 10.2 Å². The summed E-state index contributed by atoms with van der Waals surface area (Å²) in [5.41, 5.74) is 0.315. The van der Waals surface area contributed by atoms with E-state index in [0.717, 1.165) is 0 Å². The summed E-state index contributed by atoms with van der Waals surface area (Å²) in [5, 5.41) is 7.76. The molecular formula is C11H14ClN3O2. The maximum Gasteiger partial charge on any atom is 0.274 e. The van der Waals surface area contributed by atoms with E-state index >= 15 is 0 Å². The number of nitrogens with zero attached hydrogens (tertiary/aromatic N) is 3. The summed E-state index contributed by atoms with van der Waals surface area (Å²) in [6.07, 6.45) is 0.0513. The quantitative estimate of drug-likeness (QED) is 0.761. The lowest BCUT2D eigenvalue weighted by Crippen LogP contribution is -2.50. The molecule has 2 unspecified atom stereocenters. The molecule has 1 saturated heterocycles. The fourth-order valence-electron chi connectivity index (χ4n) is 1.76. The lowest BCUT2D eigenvalue weighted by Gasteiger charge is -2.36. The second-order valence-corrected chi connectivity index (χ2v) is 4.58. The summed E-state index contributed by atoms with van der Waals surface area (Å²) in [6, 6.07) is 3.21. The minimum atomic E-state index is -0.128. The predicted octanol–water partition coefficient (Wildman–Crippen LogP) is 1.38. The predicted molar refractivity (Wildman–Crippen MR) is 63.0 cm³/mol. The van der Waals surface area contributed by atoms with E-state index in [9.17, 15) is 4.79 Å². The van der Waals surface area contributed by atoms with Crippen molar-refractivity contribution in [3.63, 3.8) is 0 Å². The second kappa shape index (κ2) is 4.98. The van der Waals surface area contributed by atoms with Gasteiger partial charge in [-0.3, -0.25) is 4.79 Å². The SMILES string of the molecule is CC1CN(C(=O)c2ccc(Cl)nn2)C(C)CO1. The highest BCUT2D eigenvalue weighted by atomic mass is 35.5. The Balaban J connectivity index is 2.15. The van der Waals surface area contributed by atoms with Crippen LogP contribution in [0.15, 0.2) is 12.1 Å². The standard InChI is InChI=1S/C11H14ClN3O2/c1-7-6-17-8(2)5-15(7)11(16)9-3-4-10(12)14-13-9/h3-4,7-8H,5-6H2,1-2H3. The van der Waals surface area contributed by atoms with Crippen LogP contribution in [0, 0.1) is 0 Å². The van der Waals surface area contributed by atoms with Crippen LogP contribution in [0.1, 0.15) is 24.3 Å². The van der Waals surface area contributed by atoms with Gasteiger partial charge in [-0.05, 0) is 26.0 Å². The van der Waals surface area contributed by atoms with E-state index in [4.69, 9.17) is 16.3 Å². The number of carbonyl (C=O) groups is 1. The van der Waals surface area contributed by atoms with Crippen molar-refractivity contribution in [3.05, 3.63) is 23.0 Å². The van der Waals surface area contributed by atoms with Crippen LogP contribution in [-0.2, 0) is 4.74 Å². The van der Waals surface area contributed by atoms with Gasteiger partial charge in [0.25, 0.3) is 5.91 Å². The first-order valence-electron chi connectivity index (χ1n) is 5.49. The van der Waals surface area contributed by atoms with E-state index in [0.29, 0.717) is 18.8 Å². The number of ether oxygens (including phenoxy) is 1. The Morgan fingerprint density at radius 2 is 2.24 bits per heavy atom. The van der Waals surface area contributed by atoms with Gasteiger partial charge in [-0.15, -0.1) is 10.2 Å².